The van der Waals surface area contributed by atoms with E-state index in [-0.39, 0.29) is 11.5 Å². The van der Waals surface area contributed by atoms with E-state index in [0.29, 0.717) is 40.1 Å². The molecule has 1 aromatic heterocycles. The molecule has 5 nitrogen and oxygen atoms in total. The molecule has 0 bridgehead atoms. The summed E-state index contributed by atoms with van der Waals surface area (Å²) in [6.07, 6.45) is 0.850. The Morgan fingerprint density at radius 1 is 1.17 bits per heavy atom. The van der Waals surface area contributed by atoms with Crippen molar-refractivity contribution in [3.8, 4) is 0 Å². The Labute approximate surface area is 185 Å². The number of carbonyl (C=O) groups is 1. The monoisotopic (exact) mass is 443 g/mol. The van der Waals surface area contributed by atoms with E-state index in [0.717, 1.165) is 12.0 Å². The first kappa shape index (κ1) is 22.4. The molecule has 0 spiro atoms. The van der Waals surface area contributed by atoms with E-state index in [1.807, 2.05) is 37.3 Å². The molecule has 0 saturated carbocycles. The Kier molecular flexibility index (Phi) is 7.56. The second-order valence-electron chi connectivity index (χ2n) is 7.66. The van der Waals surface area contributed by atoms with Crippen molar-refractivity contribution in [1.29, 1.82) is 0 Å². The zero-order chi connectivity index (χ0) is 21.7. The molecule has 158 valence electrons. The van der Waals surface area contributed by atoms with Crippen molar-refractivity contribution in [2.24, 2.45) is 5.92 Å². The minimum absolute atomic E-state index is 0.0975. The number of aromatic nitrogens is 2. The highest BCUT2D eigenvalue weighted by atomic mass is 35.5. The lowest BCUT2D eigenvalue weighted by Crippen LogP contribution is -2.31. The third-order valence-electron chi connectivity index (χ3n) is 4.77. The van der Waals surface area contributed by atoms with Gasteiger partial charge in [-0.1, -0.05) is 67.5 Å². The minimum Gasteiger partial charge on any atom is -0.351 e. The Morgan fingerprint density at radius 3 is 2.60 bits per heavy atom. The Bertz CT molecular complexity index is 1080. The van der Waals surface area contributed by atoms with Crippen molar-refractivity contribution in [2.45, 2.75) is 50.7 Å². The largest absolute Gasteiger partial charge is 0.351 e. The van der Waals surface area contributed by atoms with Crippen LogP contribution in [0.3, 0.4) is 0 Å². The van der Waals surface area contributed by atoms with Crippen molar-refractivity contribution in [3.63, 3.8) is 0 Å². The average molecular weight is 444 g/mol. The Hall–Kier alpha value is -2.31. The van der Waals surface area contributed by atoms with Crippen molar-refractivity contribution in [1.82, 2.24) is 14.9 Å². The number of thioether (sulfide) groups is 1. The molecule has 0 aliphatic rings. The highest BCUT2D eigenvalue weighted by Crippen LogP contribution is 2.24. The van der Waals surface area contributed by atoms with Crippen molar-refractivity contribution in [2.75, 3.05) is 0 Å². The minimum atomic E-state index is -0.400. The van der Waals surface area contributed by atoms with Crippen molar-refractivity contribution < 1.29 is 4.79 Å². The Balaban J connectivity index is 1.84. The molecule has 1 amide bonds. The fourth-order valence-corrected chi connectivity index (χ4v) is 4.11. The van der Waals surface area contributed by atoms with Crippen LogP contribution >= 0.6 is 23.4 Å². The SMILES string of the molecule is CC(C)CCn1c(SC(C)C(=O)NCc2ccccc2)nc2cc(Cl)ccc2c1=O. The zero-order valence-electron chi connectivity index (χ0n) is 17.4. The first-order chi connectivity index (χ1) is 14.3. The quantitative estimate of drug-likeness (QED) is 0.397. The van der Waals surface area contributed by atoms with Crippen LogP contribution in [0.4, 0.5) is 0 Å². The van der Waals surface area contributed by atoms with Crippen LogP contribution in [0, 0.1) is 5.92 Å². The molecule has 30 heavy (non-hydrogen) atoms. The van der Waals surface area contributed by atoms with Gasteiger partial charge in [0.2, 0.25) is 5.91 Å². The van der Waals surface area contributed by atoms with E-state index in [4.69, 9.17) is 11.6 Å². The standard InChI is InChI=1S/C23H26ClN3O2S/c1-15(2)11-12-27-22(29)19-10-9-18(24)13-20(19)26-23(27)30-16(3)21(28)25-14-17-7-5-4-6-8-17/h4-10,13,15-16H,11-12,14H2,1-3H3,(H,25,28). The van der Waals surface area contributed by atoms with Crippen LogP contribution in [-0.4, -0.2) is 20.7 Å². The summed E-state index contributed by atoms with van der Waals surface area (Å²) in [4.78, 5) is 30.4. The van der Waals surface area contributed by atoms with Crippen LogP contribution < -0.4 is 10.9 Å². The summed E-state index contributed by atoms with van der Waals surface area (Å²) in [5, 5.41) is 4.16. The van der Waals surface area contributed by atoms with Crippen molar-refractivity contribution in [3.05, 3.63) is 69.5 Å². The van der Waals surface area contributed by atoms with Crippen LogP contribution in [0.1, 0.15) is 32.8 Å². The van der Waals surface area contributed by atoms with Gasteiger partial charge in [-0.3, -0.25) is 14.2 Å². The molecular weight excluding hydrogens is 418 g/mol. The van der Waals surface area contributed by atoms with E-state index < -0.39 is 5.25 Å². The smallest absolute Gasteiger partial charge is 0.262 e. The molecule has 1 heterocycles. The van der Waals surface area contributed by atoms with Gasteiger partial charge in [-0.15, -0.1) is 0 Å². The molecule has 0 aliphatic carbocycles. The number of fused-ring (bicyclic) bond motifs is 1. The predicted octanol–water partition coefficient (Wildman–Crippen LogP) is 4.89. The number of halogens is 1. The van der Waals surface area contributed by atoms with Crippen LogP contribution in [0.5, 0.6) is 0 Å². The molecule has 2 aromatic carbocycles. The number of rotatable bonds is 8. The van der Waals surface area contributed by atoms with Gasteiger partial charge >= 0.3 is 0 Å². The maximum Gasteiger partial charge on any atom is 0.262 e. The highest BCUT2D eigenvalue weighted by molar-refractivity contribution is 8.00. The summed E-state index contributed by atoms with van der Waals surface area (Å²) in [5.41, 5.74) is 1.49. The van der Waals surface area contributed by atoms with Gasteiger partial charge in [0.1, 0.15) is 0 Å². The fourth-order valence-electron chi connectivity index (χ4n) is 2.99. The second-order valence-corrected chi connectivity index (χ2v) is 9.40. The van der Waals surface area contributed by atoms with Gasteiger partial charge in [0, 0.05) is 18.1 Å². The lowest BCUT2D eigenvalue weighted by atomic mass is 10.1. The van der Waals surface area contributed by atoms with Gasteiger partial charge in [-0.25, -0.2) is 4.98 Å². The number of nitrogens with one attached hydrogen (secondary N) is 1. The molecule has 1 unspecified atom stereocenters. The summed E-state index contributed by atoms with van der Waals surface area (Å²) in [5.74, 6) is 0.349. The summed E-state index contributed by atoms with van der Waals surface area (Å²) >= 11 is 7.40. The molecule has 1 N–H and O–H groups in total. The summed E-state index contributed by atoms with van der Waals surface area (Å²) in [7, 11) is 0. The number of carbonyl (C=O) groups excluding carboxylic acids is 1. The lowest BCUT2D eigenvalue weighted by Gasteiger charge is -2.17. The number of nitrogens with zero attached hydrogens (tertiary/aromatic N) is 2. The normalized spacial score (nSPS) is 12.3. The maximum absolute atomic E-state index is 13.1. The summed E-state index contributed by atoms with van der Waals surface area (Å²) in [6.45, 7) is 7.08. The number of hydrogen-bond acceptors (Lipinski definition) is 4. The summed E-state index contributed by atoms with van der Waals surface area (Å²) < 4.78 is 1.68. The first-order valence-corrected chi connectivity index (χ1v) is 11.3. The highest BCUT2D eigenvalue weighted by Gasteiger charge is 2.19. The van der Waals surface area contributed by atoms with E-state index in [9.17, 15) is 9.59 Å². The molecule has 1 atom stereocenters. The van der Waals surface area contributed by atoms with Gasteiger partial charge in [-0.05, 0) is 43.0 Å². The third kappa shape index (κ3) is 5.64. The molecule has 7 heteroatoms. The fraction of sp³-hybridized carbons (Fsp3) is 0.348. The van der Waals surface area contributed by atoms with Gasteiger partial charge in [0.15, 0.2) is 5.16 Å². The van der Waals surface area contributed by atoms with Gasteiger partial charge in [0.05, 0.1) is 16.2 Å². The average Bonchev–Trinajstić information content (AvgIpc) is 2.72. The topological polar surface area (TPSA) is 64.0 Å². The zero-order valence-corrected chi connectivity index (χ0v) is 19.0. The van der Waals surface area contributed by atoms with Crippen LogP contribution in [0.25, 0.3) is 10.9 Å². The number of hydrogen-bond donors (Lipinski definition) is 1. The number of amides is 1. The lowest BCUT2D eigenvalue weighted by molar-refractivity contribution is -0.120. The van der Waals surface area contributed by atoms with E-state index >= 15 is 0 Å². The second kappa shape index (κ2) is 10.1. The van der Waals surface area contributed by atoms with Crippen LogP contribution in [0.2, 0.25) is 5.02 Å². The molecular formula is C23H26ClN3O2S. The van der Waals surface area contributed by atoms with Gasteiger partial charge in [-0.2, -0.15) is 0 Å². The first-order valence-electron chi connectivity index (χ1n) is 10.0. The molecule has 0 aliphatic heterocycles. The van der Waals surface area contributed by atoms with E-state index in [2.05, 4.69) is 24.1 Å². The van der Waals surface area contributed by atoms with E-state index in [1.165, 1.54) is 11.8 Å². The van der Waals surface area contributed by atoms with Crippen molar-refractivity contribution >= 4 is 40.2 Å². The molecule has 3 aromatic rings. The van der Waals surface area contributed by atoms with Crippen LogP contribution in [0.15, 0.2) is 58.5 Å². The molecule has 0 radical (unpaired) electrons. The van der Waals surface area contributed by atoms with Gasteiger partial charge in [0.25, 0.3) is 5.56 Å². The van der Waals surface area contributed by atoms with Crippen LogP contribution in [-0.2, 0) is 17.9 Å². The molecule has 3 rings (SSSR count). The molecule has 0 saturated heterocycles. The summed E-state index contributed by atoms with van der Waals surface area (Å²) in [6, 6.07) is 14.9. The predicted molar refractivity (Wildman–Crippen MR) is 124 cm³/mol. The van der Waals surface area contributed by atoms with E-state index in [1.54, 1.807) is 22.8 Å². The third-order valence-corrected chi connectivity index (χ3v) is 6.10. The molecule has 0 fully saturated rings. The number of benzene rings is 2. The van der Waals surface area contributed by atoms with Gasteiger partial charge < -0.3 is 5.32 Å². The Morgan fingerprint density at radius 2 is 1.90 bits per heavy atom. The maximum atomic E-state index is 13.1.